The zero-order chi connectivity index (χ0) is 12.6. The molecule has 0 amide bonds. The molecule has 0 fully saturated rings. The lowest BCUT2D eigenvalue weighted by Gasteiger charge is -2.09. The van der Waals surface area contributed by atoms with Gasteiger partial charge in [0.15, 0.2) is 5.50 Å². The van der Waals surface area contributed by atoms with Crippen LogP contribution in [-0.2, 0) is 0 Å². The van der Waals surface area contributed by atoms with Crippen LogP contribution in [0.1, 0.15) is 0 Å². The van der Waals surface area contributed by atoms with E-state index >= 15 is 0 Å². The summed E-state index contributed by atoms with van der Waals surface area (Å²) in [5, 5.41) is 8.09. The van der Waals surface area contributed by atoms with Gasteiger partial charge in [-0.1, -0.05) is 36.4 Å². The number of rotatable bonds is 5. The van der Waals surface area contributed by atoms with Gasteiger partial charge in [-0.25, -0.2) is 5.43 Å². The summed E-state index contributed by atoms with van der Waals surface area (Å²) in [4.78, 5) is 0. The quantitative estimate of drug-likeness (QED) is 0.332. The summed E-state index contributed by atoms with van der Waals surface area (Å²) in [6.45, 7) is 0. The van der Waals surface area contributed by atoms with E-state index in [0.29, 0.717) is 0 Å². The molecule has 1 unspecified atom stereocenters. The van der Waals surface area contributed by atoms with Crippen molar-refractivity contribution in [3.05, 3.63) is 60.7 Å². The van der Waals surface area contributed by atoms with Crippen molar-refractivity contribution in [1.29, 1.82) is 0 Å². The van der Waals surface area contributed by atoms with Crippen LogP contribution in [0.4, 0.5) is 11.4 Å². The van der Waals surface area contributed by atoms with Gasteiger partial charge in [-0.15, -0.1) is 12.6 Å². The molecular formula is C13H14N4S. The van der Waals surface area contributed by atoms with Crippen molar-refractivity contribution in [3.8, 4) is 0 Å². The van der Waals surface area contributed by atoms with Gasteiger partial charge >= 0.3 is 0 Å². The van der Waals surface area contributed by atoms with Crippen molar-refractivity contribution in [2.45, 2.75) is 5.50 Å². The molecule has 0 radical (unpaired) electrons. The standard InChI is InChI=1S/C13H14N4S/c18-13(16-14-11-7-3-1-4-8-11)17-15-12-9-5-2-6-10-12/h1-10,13-14,16,18H. The predicted molar refractivity (Wildman–Crippen MR) is 76.9 cm³/mol. The molecule has 0 saturated heterocycles. The lowest BCUT2D eigenvalue weighted by molar-refractivity contribution is 0.734. The molecule has 92 valence electrons. The van der Waals surface area contributed by atoms with Gasteiger partial charge in [0.2, 0.25) is 0 Å². The smallest absolute Gasteiger partial charge is 0.181 e. The molecule has 0 spiro atoms. The van der Waals surface area contributed by atoms with E-state index in [-0.39, 0.29) is 0 Å². The van der Waals surface area contributed by atoms with Gasteiger partial charge in [0.05, 0.1) is 5.69 Å². The number of hydrogen-bond donors (Lipinski definition) is 3. The second kappa shape index (κ2) is 6.78. The zero-order valence-corrected chi connectivity index (χ0v) is 10.6. The number of thiol groups is 1. The Kier molecular flexibility index (Phi) is 4.75. The van der Waals surface area contributed by atoms with Crippen LogP contribution in [0.5, 0.6) is 0 Å². The largest absolute Gasteiger partial charge is 0.319 e. The average molecular weight is 258 g/mol. The third kappa shape index (κ3) is 4.20. The minimum atomic E-state index is -0.412. The molecule has 18 heavy (non-hydrogen) atoms. The highest BCUT2D eigenvalue weighted by atomic mass is 32.1. The minimum Gasteiger partial charge on any atom is -0.319 e. The first-order valence-electron chi connectivity index (χ1n) is 5.55. The van der Waals surface area contributed by atoms with Crippen LogP contribution in [0.3, 0.4) is 0 Å². The lowest BCUT2D eigenvalue weighted by atomic mass is 10.3. The van der Waals surface area contributed by atoms with E-state index in [0.717, 1.165) is 11.4 Å². The zero-order valence-electron chi connectivity index (χ0n) is 9.69. The van der Waals surface area contributed by atoms with E-state index in [4.69, 9.17) is 0 Å². The van der Waals surface area contributed by atoms with Crippen molar-refractivity contribution >= 4 is 24.0 Å². The number of azo groups is 1. The Morgan fingerprint density at radius 1 is 0.889 bits per heavy atom. The molecule has 0 bridgehead atoms. The molecule has 2 rings (SSSR count). The van der Waals surface area contributed by atoms with Crippen molar-refractivity contribution in [3.63, 3.8) is 0 Å². The Bertz CT molecular complexity index is 487. The van der Waals surface area contributed by atoms with Crippen molar-refractivity contribution in [2.75, 3.05) is 5.43 Å². The second-order valence-corrected chi connectivity index (χ2v) is 4.05. The maximum Gasteiger partial charge on any atom is 0.181 e. The van der Waals surface area contributed by atoms with Crippen molar-refractivity contribution < 1.29 is 0 Å². The normalized spacial score (nSPS) is 12.5. The Labute approximate surface area is 112 Å². The predicted octanol–water partition coefficient (Wildman–Crippen LogP) is 3.60. The van der Waals surface area contributed by atoms with Gasteiger partial charge in [-0.3, -0.25) is 0 Å². The Morgan fingerprint density at radius 2 is 1.50 bits per heavy atom. The fourth-order valence-corrected chi connectivity index (χ4v) is 1.43. The van der Waals surface area contributed by atoms with Gasteiger partial charge < -0.3 is 5.43 Å². The molecule has 0 heterocycles. The topological polar surface area (TPSA) is 48.8 Å². The first-order chi connectivity index (χ1) is 8.84. The fourth-order valence-electron chi connectivity index (χ4n) is 1.31. The van der Waals surface area contributed by atoms with Crippen LogP contribution in [0.25, 0.3) is 0 Å². The van der Waals surface area contributed by atoms with Crippen molar-refractivity contribution in [1.82, 2.24) is 5.43 Å². The van der Waals surface area contributed by atoms with Gasteiger partial charge in [-0.2, -0.15) is 10.2 Å². The Hall–Kier alpha value is -1.85. The first kappa shape index (κ1) is 12.6. The van der Waals surface area contributed by atoms with Crippen LogP contribution >= 0.6 is 12.6 Å². The molecule has 0 aliphatic rings. The molecule has 0 saturated carbocycles. The number of benzene rings is 2. The highest BCUT2D eigenvalue weighted by Crippen LogP contribution is 2.11. The van der Waals surface area contributed by atoms with Gasteiger partial charge in [0.1, 0.15) is 0 Å². The molecular weight excluding hydrogens is 244 g/mol. The monoisotopic (exact) mass is 258 g/mol. The van der Waals surface area contributed by atoms with E-state index in [9.17, 15) is 0 Å². The highest BCUT2D eigenvalue weighted by Gasteiger charge is 1.97. The van der Waals surface area contributed by atoms with Crippen LogP contribution < -0.4 is 10.9 Å². The fraction of sp³-hybridized carbons (Fsp3) is 0.0769. The minimum absolute atomic E-state index is 0.412. The molecule has 5 heteroatoms. The summed E-state index contributed by atoms with van der Waals surface area (Å²) in [6, 6.07) is 19.3. The Morgan fingerprint density at radius 3 is 2.17 bits per heavy atom. The average Bonchev–Trinajstić information content (AvgIpc) is 2.45. The summed E-state index contributed by atoms with van der Waals surface area (Å²) in [5.41, 5.74) is 7.27. The highest BCUT2D eigenvalue weighted by molar-refractivity contribution is 7.80. The summed E-state index contributed by atoms with van der Waals surface area (Å²) < 4.78 is 0. The number of nitrogens with zero attached hydrogens (tertiary/aromatic N) is 2. The molecule has 2 aromatic carbocycles. The van der Waals surface area contributed by atoms with Crippen LogP contribution in [-0.4, -0.2) is 5.50 Å². The lowest BCUT2D eigenvalue weighted by Crippen LogP contribution is -2.27. The van der Waals surface area contributed by atoms with Gasteiger partial charge in [-0.05, 0) is 24.3 Å². The molecule has 0 aromatic heterocycles. The van der Waals surface area contributed by atoms with E-state index < -0.39 is 5.50 Å². The van der Waals surface area contributed by atoms with E-state index in [1.807, 2.05) is 60.7 Å². The number of para-hydroxylation sites is 1. The summed E-state index contributed by atoms with van der Waals surface area (Å²) in [5.74, 6) is 0. The second-order valence-electron chi connectivity index (χ2n) is 3.56. The molecule has 2 aromatic rings. The molecule has 0 aliphatic heterocycles. The summed E-state index contributed by atoms with van der Waals surface area (Å²) in [7, 11) is 0. The van der Waals surface area contributed by atoms with Crippen molar-refractivity contribution in [2.24, 2.45) is 10.2 Å². The maximum atomic E-state index is 4.26. The van der Waals surface area contributed by atoms with E-state index in [1.54, 1.807) is 0 Å². The Balaban J connectivity index is 1.82. The van der Waals surface area contributed by atoms with E-state index in [1.165, 1.54) is 0 Å². The summed E-state index contributed by atoms with van der Waals surface area (Å²) >= 11 is 4.26. The maximum absolute atomic E-state index is 4.26. The number of hydrazine groups is 1. The molecule has 2 N–H and O–H groups in total. The third-order valence-electron chi connectivity index (χ3n) is 2.16. The third-order valence-corrected chi connectivity index (χ3v) is 2.39. The molecule has 4 nitrogen and oxygen atoms in total. The molecule has 0 aliphatic carbocycles. The molecule has 1 atom stereocenters. The van der Waals surface area contributed by atoms with Crippen LogP contribution in [0, 0.1) is 0 Å². The first-order valence-corrected chi connectivity index (χ1v) is 6.07. The van der Waals surface area contributed by atoms with Gasteiger partial charge in [0.25, 0.3) is 0 Å². The van der Waals surface area contributed by atoms with Crippen LogP contribution in [0.15, 0.2) is 70.9 Å². The number of nitrogens with one attached hydrogen (secondary N) is 2. The van der Waals surface area contributed by atoms with Gasteiger partial charge in [0, 0.05) is 5.69 Å². The van der Waals surface area contributed by atoms with Crippen LogP contribution in [0.2, 0.25) is 0 Å². The van der Waals surface area contributed by atoms with E-state index in [2.05, 4.69) is 33.7 Å². The number of hydrogen-bond acceptors (Lipinski definition) is 5. The SMILES string of the molecule is SC(N=Nc1ccccc1)NNc1ccccc1. The number of anilines is 1. The summed E-state index contributed by atoms with van der Waals surface area (Å²) in [6.07, 6.45) is 0.